The zero-order valence-electron chi connectivity index (χ0n) is 15.7. The summed E-state index contributed by atoms with van der Waals surface area (Å²) in [6, 6.07) is 7.17. The highest BCUT2D eigenvalue weighted by atomic mass is 32.2. The summed E-state index contributed by atoms with van der Waals surface area (Å²) in [7, 11) is 3.20. The Bertz CT molecular complexity index is 1030. The van der Waals surface area contributed by atoms with Crippen LogP contribution < -0.4 is 19.8 Å². The number of nitrogens with zero attached hydrogens (tertiary/aromatic N) is 1. The van der Waals surface area contributed by atoms with Gasteiger partial charge in [0.05, 0.1) is 25.2 Å². The number of rotatable bonds is 3. The fourth-order valence-corrected chi connectivity index (χ4v) is 4.50. The Balaban J connectivity index is 1.86. The van der Waals surface area contributed by atoms with Crippen LogP contribution in [0.3, 0.4) is 0 Å². The van der Waals surface area contributed by atoms with Crippen LogP contribution in [0, 0.1) is 6.92 Å². The van der Waals surface area contributed by atoms with Gasteiger partial charge in [-0.2, -0.15) is 0 Å². The first kappa shape index (κ1) is 18.5. The second-order valence-corrected chi connectivity index (χ2v) is 7.60. The summed E-state index contributed by atoms with van der Waals surface area (Å²) in [5.74, 6) is 2.66. The molecule has 0 saturated heterocycles. The average molecular weight is 401 g/mol. The molecule has 3 heterocycles. The Hall–Kier alpha value is -2.87. The SMILES string of the molecule is COc1ccc(C2C=C3c4c(cc(C)oc4=O)OC(=O)N3CCS2)c(OC)c1. The van der Waals surface area contributed by atoms with Crippen LogP contribution >= 0.6 is 11.8 Å². The molecule has 2 aliphatic rings. The van der Waals surface area contributed by atoms with Crippen LogP contribution in [-0.2, 0) is 0 Å². The van der Waals surface area contributed by atoms with Gasteiger partial charge in [-0.05, 0) is 19.1 Å². The number of aryl methyl sites for hydroxylation is 1. The van der Waals surface area contributed by atoms with Crippen molar-refractivity contribution in [1.82, 2.24) is 4.90 Å². The molecule has 0 N–H and O–H groups in total. The van der Waals surface area contributed by atoms with Crippen LogP contribution in [-0.4, -0.2) is 37.5 Å². The molecule has 2 aliphatic heterocycles. The zero-order valence-corrected chi connectivity index (χ0v) is 16.5. The maximum Gasteiger partial charge on any atom is 0.419 e. The monoisotopic (exact) mass is 401 g/mol. The largest absolute Gasteiger partial charge is 0.497 e. The lowest BCUT2D eigenvalue weighted by Crippen LogP contribution is -2.39. The number of carbonyl (C=O) groups is 1. The number of hydrogen-bond donors (Lipinski definition) is 0. The molecule has 28 heavy (non-hydrogen) atoms. The maximum absolute atomic E-state index is 12.5. The smallest absolute Gasteiger partial charge is 0.419 e. The third kappa shape index (κ3) is 3.13. The van der Waals surface area contributed by atoms with E-state index in [1.54, 1.807) is 39.0 Å². The number of amides is 1. The fraction of sp³-hybridized carbons (Fsp3) is 0.300. The van der Waals surface area contributed by atoms with Crippen molar-refractivity contribution in [3.63, 3.8) is 0 Å². The van der Waals surface area contributed by atoms with Crippen molar-refractivity contribution in [2.45, 2.75) is 12.2 Å². The van der Waals surface area contributed by atoms with Crippen molar-refractivity contribution in [3.8, 4) is 17.2 Å². The van der Waals surface area contributed by atoms with Gasteiger partial charge in [-0.3, -0.25) is 4.90 Å². The Kier molecular flexibility index (Phi) is 4.80. The lowest BCUT2D eigenvalue weighted by Gasteiger charge is -2.28. The second kappa shape index (κ2) is 7.27. The van der Waals surface area contributed by atoms with Gasteiger partial charge >= 0.3 is 11.7 Å². The number of carbonyl (C=O) groups excluding carboxylic acids is 1. The molecule has 0 radical (unpaired) electrons. The lowest BCUT2D eigenvalue weighted by molar-refractivity contribution is 0.169. The van der Waals surface area contributed by atoms with Crippen LogP contribution in [0.2, 0.25) is 0 Å². The van der Waals surface area contributed by atoms with Crippen molar-refractivity contribution in [2.75, 3.05) is 26.5 Å². The van der Waals surface area contributed by atoms with Gasteiger partial charge in [0.25, 0.3) is 0 Å². The predicted octanol–water partition coefficient (Wildman–Crippen LogP) is 3.61. The normalized spacial score (nSPS) is 18.4. The molecule has 8 heteroatoms. The number of ether oxygens (including phenoxy) is 3. The molecule has 7 nitrogen and oxygen atoms in total. The highest BCUT2D eigenvalue weighted by Gasteiger charge is 2.35. The Labute approximate surface area is 165 Å². The highest BCUT2D eigenvalue weighted by Crippen LogP contribution is 2.44. The Morgan fingerprint density at radius 3 is 2.75 bits per heavy atom. The molecule has 146 valence electrons. The first-order chi connectivity index (χ1) is 13.5. The van der Waals surface area contributed by atoms with Gasteiger partial charge < -0.3 is 18.6 Å². The summed E-state index contributed by atoms with van der Waals surface area (Å²) in [5, 5.41) is -0.125. The van der Waals surface area contributed by atoms with E-state index in [0.717, 1.165) is 5.56 Å². The minimum atomic E-state index is -0.522. The van der Waals surface area contributed by atoms with Crippen LogP contribution in [0.15, 0.2) is 39.6 Å². The van der Waals surface area contributed by atoms with Gasteiger partial charge in [0.2, 0.25) is 0 Å². The number of thioether (sulfide) groups is 1. The maximum atomic E-state index is 12.5. The molecule has 0 bridgehead atoms. The molecular formula is C20H19NO6S. The molecule has 4 rings (SSSR count). The molecule has 0 saturated carbocycles. The number of methoxy groups -OCH3 is 2. The summed E-state index contributed by atoms with van der Waals surface area (Å²) in [6.07, 6.45) is 1.40. The summed E-state index contributed by atoms with van der Waals surface area (Å²) >= 11 is 1.65. The number of benzene rings is 1. The molecule has 0 spiro atoms. The molecule has 0 aliphatic carbocycles. The molecular weight excluding hydrogens is 382 g/mol. The molecule has 1 amide bonds. The van der Waals surface area contributed by atoms with E-state index in [0.29, 0.717) is 35.3 Å². The molecule has 2 aromatic rings. The molecule has 1 aromatic carbocycles. The Morgan fingerprint density at radius 1 is 1.18 bits per heavy atom. The van der Waals surface area contributed by atoms with Crippen molar-refractivity contribution < 1.29 is 23.4 Å². The number of hydrogen-bond acceptors (Lipinski definition) is 7. The minimum Gasteiger partial charge on any atom is -0.497 e. The third-order valence-corrected chi connectivity index (χ3v) is 5.84. The van der Waals surface area contributed by atoms with Crippen LogP contribution in [0.1, 0.15) is 22.1 Å². The third-order valence-electron chi connectivity index (χ3n) is 4.67. The fourth-order valence-electron chi connectivity index (χ4n) is 3.36. The topological polar surface area (TPSA) is 78.2 Å². The molecule has 0 fully saturated rings. The van der Waals surface area contributed by atoms with Crippen LogP contribution in [0.5, 0.6) is 17.2 Å². The summed E-state index contributed by atoms with van der Waals surface area (Å²) in [4.78, 5) is 26.5. The van der Waals surface area contributed by atoms with E-state index in [1.165, 1.54) is 4.90 Å². The van der Waals surface area contributed by atoms with Gasteiger partial charge in [-0.15, -0.1) is 11.8 Å². The van der Waals surface area contributed by atoms with E-state index in [9.17, 15) is 9.59 Å². The van der Waals surface area contributed by atoms with Crippen LogP contribution in [0.25, 0.3) is 5.70 Å². The second-order valence-electron chi connectivity index (χ2n) is 6.35. The Morgan fingerprint density at radius 2 is 2.00 bits per heavy atom. The lowest BCUT2D eigenvalue weighted by atomic mass is 10.0. The predicted molar refractivity (Wildman–Crippen MR) is 105 cm³/mol. The average Bonchev–Trinajstić information content (AvgIpc) is 2.90. The zero-order chi connectivity index (χ0) is 19.8. The van der Waals surface area contributed by atoms with Gasteiger partial charge in [-0.1, -0.05) is 6.07 Å². The van der Waals surface area contributed by atoms with Gasteiger partial charge in [0, 0.05) is 30.0 Å². The van der Waals surface area contributed by atoms with E-state index in [1.807, 2.05) is 24.3 Å². The van der Waals surface area contributed by atoms with Crippen molar-refractivity contribution in [3.05, 3.63) is 57.6 Å². The highest BCUT2D eigenvalue weighted by molar-refractivity contribution is 7.99. The standard InChI is InChI=1S/C20H19NO6S/c1-11-8-16-18(19(22)26-11)14-10-17(28-7-6-21(14)20(23)27-16)13-5-4-12(24-2)9-15(13)25-3/h4-5,8-10,17H,6-7H2,1-3H3. The van der Waals surface area contributed by atoms with E-state index < -0.39 is 11.7 Å². The van der Waals surface area contributed by atoms with E-state index >= 15 is 0 Å². The van der Waals surface area contributed by atoms with Crippen molar-refractivity contribution in [2.24, 2.45) is 0 Å². The van der Waals surface area contributed by atoms with E-state index in [-0.39, 0.29) is 16.6 Å². The molecule has 1 aromatic heterocycles. The van der Waals surface area contributed by atoms with Crippen molar-refractivity contribution in [1.29, 1.82) is 0 Å². The molecule has 1 unspecified atom stereocenters. The number of fused-ring (bicyclic) bond motifs is 3. The van der Waals surface area contributed by atoms with Crippen LogP contribution in [0.4, 0.5) is 4.79 Å². The minimum absolute atomic E-state index is 0.125. The summed E-state index contributed by atoms with van der Waals surface area (Å²) in [6.45, 7) is 2.07. The van der Waals surface area contributed by atoms with E-state index in [4.69, 9.17) is 18.6 Å². The van der Waals surface area contributed by atoms with E-state index in [2.05, 4.69) is 0 Å². The van der Waals surface area contributed by atoms with Gasteiger partial charge in [-0.25, -0.2) is 9.59 Å². The van der Waals surface area contributed by atoms with Gasteiger partial charge in [0.1, 0.15) is 22.8 Å². The summed E-state index contributed by atoms with van der Waals surface area (Å²) in [5.41, 5.74) is 1.18. The quantitative estimate of drug-likeness (QED) is 0.777. The first-order valence-electron chi connectivity index (χ1n) is 8.71. The summed E-state index contributed by atoms with van der Waals surface area (Å²) < 4.78 is 21.4. The van der Waals surface area contributed by atoms with Gasteiger partial charge in [0.15, 0.2) is 5.75 Å². The first-order valence-corrected chi connectivity index (χ1v) is 9.76. The molecule has 1 atom stereocenters. The van der Waals surface area contributed by atoms with Crippen molar-refractivity contribution >= 4 is 23.6 Å².